The summed E-state index contributed by atoms with van der Waals surface area (Å²) in [5.41, 5.74) is 1.23. The van der Waals surface area contributed by atoms with Crippen molar-refractivity contribution in [1.29, 1.82) is 0 Å². The van der Waals surface area contributed by atoms with E-state index in [1.165, 1.54) is 23.6 Å². The average molecular weight is 324 g/mol. The Morgan fingerprint density at radius 2 is 2.05 bits per heavy atom. The molecule has 2 aromatic heterocycles. The van der Waals surface area contributed by atoms with Crippen molar-refractivity contribution in [3.05, 3.63) is 52.3 Å². The molecule has 1 aromatic carbocycles. The van der Waals surface area contributed by atoms with E-state index in [0.717, 1.165) is 10.2 Å². The number of fused-ring (bicyclic) bond motifs is 1. The van der Waals surface area contributed by atoms with Crippen molar-refractivity contribution in [2.75, 3.05) is 5.32 Å². The molecule has 7 heteroatoms. The molecule has 0 saturated heterocycles. The van der Waals surface area contributed by atoms with Crippen molar-refractivity contribution in [3.63, 3.8) is 0 Å². The Bertz CT molecular complexity index is 803. The first-order valence-electron chi connectivity index (χ1n) is 5.61. The van der Waals surface area contributed by atoms with Gasteiger partial charge in [0.05, 0.1) is 10.2 Å². The molecule has 0 radical (unpaired) electrons. The first-order valence-corrected chi connectivity index (χ1v) is 7.18. The number of hydrogen-bond acceptors (Lipinski definition) is 4. The van der Waals surface area contributed by atoms with Crippen LogP contribution in [0.1, 0.15) is 10.4 Å². The van der Waals surface area contributed by atoms with E-state index in [1.807, 2.05) is 12.1 Å². The van der Waals surface area contributed by atoms with Crippen LogP contribution in [0.25, 0.3) is 10.2 Å². The van der Waals surface area contributed by atoms with Crippen LogP contribution in [0.3, 0.4) is 0 Å². The minimum absolute atomic E-state index is 0.272. The quantitative estimate of drug-likeness (QED) is 0.717. The van der Waals surface area contributed by atoms with Gasteiger partial charge < -0.3 is 0 Å². The summed E-state index contributed by atoms with van der Waals surface area (Å²) in [6, 6.07) is 8.48. The van der Waals surface area contributed by atoms with E-state index in [2.05, 4.69) is 15.3 Å². The molecule has 0 spiro atoms. The lowest BCUT2D eigenvalue weighted by Gasteiger charge is -2.00. The molecule has 1 amide bonds. The Morgan fingerprint density at radius 1 is 1.20 bits per heavy atom. The zero-order valence-corrected chi connectivity index (χ0v) is 12.3. The molecule has 3 aromatic rings. The normalized spacial score (nSPS) is 10.7. The van der Waals surface area contributed by atoms with E-state index < -0.39 is 0 Å². The molecule has 4 nitrogen and oxygen atoms in total. The highest BCUT2D eigenvalue weighted by Gasteiger charge is 2.10. The number of anilines is 1. The lowest BCUT2D eigenvalue weighted by molar-refractivity contribution is 0.102. The van der Waals surface area contributed by atoms with Gasteiger partial charge in [0.2, 0.25) is 0 Å². The van der Waals surface area contributed by atoms with Gasteiger partial charge in [0.1, 0.15) is 5.15 Å². The Balaban J connectivity index is 1.87. The lowest BCUT2D eigenvalue weighted by atomic mass is 10.2. The van der Waals surface area contributed by atoms with Crippen molar-refractivity contribution < 1.29 is 4.79 Å². The molecule has 0 atom stereocenters. The summed E-state index contributed by atoms with van der Waals surface area (Å²) >= 11 is 13.0. The van der Waals surface area contributed by atoms with Crippen LogP contribution in [0.5, 0.6) is 0 Å². The summed E-state index contributed by atoms with van der Waals surface area (Å²) in [7, 11) is 0. The number of carbonyl (C=O) groups is 1. The first kappa shape index (κ1) is 13.3. The highest BCUT2D eigenvalue weighted by molar-refractivity contribution is 7.22. The van der Waals surface area contributed by atoms with E-state index in [9.17, 15) is 4.79 Å². The van der Waals surface area contributed by atoms with Crippen LogP contribution in [0.2, 0.25) is 10.2 Å². The molecule has 3 rings (SSSR count). The van der Waals surface area contributed by atoms with Gasteiger partial charge >= 0.3 is 0 Å². The summed E-state index contributed by atoms with van der Waals surface area (Å²) in [6.07, 6.45) is 1.48. The molecule has 0 aliphatic heterocycles. The van der Waals surface area contributed by atoms with Gasteiger partial charge in [-0.15, -0.1) is 0 Å². The Hall–Kier alpha value is -1.69. The zero-order valence-electron chi connectivity index (χ0n) is 9.93. The van der Waals surface area contributed by atoms with Gasteiger partial charge in [0.25, 0.3) is 5.91 Å². The molecule has 100 valence electrons. The van der Waals surface area contributed by atoms with Gasteiger partial charge in [-0.3, -0.25) is 10.1 Å². The fourth-order valence-electron chi connectivity index (χ4n) is 1.66. The Labute approximate surface area is 128 Å². The number of aromatic nitrogens is 2. The summed E-state index contributed by atoms with van der Waals surface area (Å²) in [4.78, 5) is 20.2. The third-order valence-corrected chi connectivity index (χ3v) is 3.94. The number of nitrogens with zero attached hydrogens (tertiary/aromatic N) is 2. The minimum Gasteiger partial charge on any atom is -0.298 e. The molecule has 20 heavy (non-hydrogen) atoms. The van der Waals surface area contributed by atoms with Crippen molar-refractivity contribution in [1.82, 2.24) is 9.97 Å². The van der Waals surface area contributed by atoms with E-state index in [4.69, 9.17) is 23.2 Å². The van der Waals surface area contributed by atoms with Gasteiger partial charge in [-0.05, 0) is 30.3 Å². The number of amides is 1. The maximum atomic E-state index is 12.1. The smallest absolute Gasteiger partial charge is 0.257 e. The number of benzene rings is 1. The zero-order chi connectivity index (χ0) is 14.1. The minimum atomic E-state index is -0.278. The molecular weight excluding hydrogens is 317 g/mol. The second kappa shape index (κ2) is 5.36. The number of pyridine rings is 1. The van der Waals surface area contributed by atoms with Crippen LogP contribution in [0.4, 0.5) is 5.13 Å². The number of carbonyl (C=O) groups excluding carboxylic acids is 1. The lowest BCUT2D eigenvalue weighted by Crippen LogP contribution is -2.11. The molecule has 0 saturated carbocycles. The fraction of sp³-hybridized carbons (Fsp3) is 0. The topological polar surface area (TPSA) is 54.9 Å². The van der Waals surface area contributed by atoms with Gasteiger partial charge in [-0.25, -0.2) is 9.97 Å². The fourth-order valence-corrected chi connectivity index (χ4v) is 2.98. The number of rotatable bonds is 2. The van der Waals surface area contributed by atoms with Gasteiger partial charge in [0, 0.05) is 16.8 Å². The third-order valence-electron chi connectivity index (χ3n) is 2.56. The molecule has 2 heterocycles. The number of nitrogens with one attached hydrogen (secondary N) is 1. The van der Waals surface area contributed by atoms with Crippen LogP contribution in [-0.2, 0) is 0 Å². The second-order valence-electron chi connectivity index (χ2n) is 3.95. The summed E-state index contributed by atoms with van der Waals surface area (Å²) in [6.45, 7) is 0. The van der Waals surface area contributed by atoms with Crippen LogP contribution in [0, 0.1) is 0 Å². The molecule has 0 aliphatic rings. The monoisotopic (exact) mass is 323 g/mol. The highest BCUT2D eigenvalue weighted by Crippen LogP contribution is 2.28. The van der Waals surface area contributed by atoms with Crippen LogP contribution < -0.4 is 5.32 Å². The Kier molecular flexibility index (Phi) is 3.56. The van der Waals surface area contributed by atoms with Gasteiger partial charge in [-0.1, -0.05) is 34.5 Å². The van der Waals surface area contributed by atoms with Crippen molar-refractivity contribution in [3.8, 4) is 0 Å². The van der Waals surface area contributed by atoms with E-state index in [1.54, 1.807) is 12.1 Å². The summed E-state index contributed by atoms with van der Waals surface area (Å²) in [5, 5.41) is 4.16. The maximum absolute atomic E-state index is 12.1. The predicted molar refractivity (Wildman–Crippen MR) is 81.8 cm³/mol. The SMILES string of the molecule is O=C(Nc1nc2ccc(Cl)cc2s1)c1ccnc(Cl)c1. The van der Waals surface area contributed by atoms with Gasteiger partial charge in [-0.2, -0.15) is 0 Å². The van der Waals surface area contributed by atoms with Gasteiger partial charge in [0.15, 0.2) is 5.13 Å². The summed E-state index contributed by atoms with van der Waals surface area (Å²) < 4.78 is 0.917. The molecule has 1 N–H and O–H groups in total. The van der Waals surface area contributed by atoms with Crippen LogP contribution in [-0.4, -0.2) is 15.9 Å². The Morgan fingerprint density at radius 3 is 2.85 bits per heavy atom. The molecule has 0 bridgehead atoms. The highest BCUT2D eigenvalue weighted by atomic mass is 35.5. The standard InChI is InChI=1S/C13H7Cl2N3OS/c14-8-1-2-9-10(6-8)20-13(17-9)18-12(19)7-3-4-16-11(15)5-7/h1-6H,(H,17,18,19). The summed E-state index contributed by atoms with van der Waals surface area (Å²) in [5.74, 6) is -0.278. The van der Waals surface area contributed by atoms with Crippen molar-refractivity contribution in [2.24, 2.45) is 0 Å². The largest absolute Gasteiger partial charge is 0.298 e. The first-order chi connectivity index (χ1) is 9.61. The number of hydrogen-bond donors (Lipinski definition) is 1. The van der Waals surface area contributed by atoms with Crippen molar-refractivity contribution in [2.45, 2.75) is 0 Å². The second-order valence-corrected chi connectivity index (χ2v) is 5.81. The number of halogens is 2. The van der Waals surface area contributed by atoms with E-state index in [0.29, 0.717) is 15.7 Å². The van der Waals surface area contributed by atoms with Crippen LogP contribution >= 0.6 is 34.5 Å². The predicted octanol–water partition coefficient (Wildman–Crippen LogP) is 4.25. The maximum Gasteiger partial charge on any atom is 0.257 e. The third kappa shape index (κ3) is 2.75. The number of thiazole rings is 1. The van der Waals surface area contributed by atoms with E-state index >= 15 is 0 Å². The molecule has 0 fully saturated rings. The molecular formula is C13H7Cl2N3OS. The van der Waals surface area contributed by atoms with Crippen LogP contribution in [0.15, 0.2) is 36.5 Å². The van der Waals surface area contributed by atoms with Crippen molar-refractivity contribution >= 4 is 55.8 Å². The molecule has 0 aliphatic carbocycles. The molecule has 0 unspecified atom stereocenters. The average Bonchev–Trinajstić information content (AvgIpc) is 2.80. The van der Waals surface area contributed by atoms with E-state index in [-0.39, 0.29) is 11.1 Å².